The molecule has 0 rings (SSSR count). The fraction of sp³-hybridized carbons (Fsp3) is 0.833. The molecule has 0 aromatic rings. The maximum absolute atomic E-state index is 2.31. The van der Waals surface area contributed by atoms with Crippen LogP contribution in [0.5, 0.6) is 0 Å². The summed E-state index contributed by atoms with van der Waals surface area (Å²) in [5.41, 5.74) is 3.52. The van der Waals surface area contributed by atoms with Crippen LogP contribution in [0.25, 0.3) is 0 Å². The van der Waals surface area contributed by atoms with E-state index in [1.807, 2.05) is 0 Å². The van der Waals surface area contributed by atoms with E-state index in [4.69, 9.17) is 0 Å². The highest BCUT2D eigenvalue weighted by molar-refractivity contribution is 5.16. The average Bonchev–Trinajstić information content (AvgIpc) is 1.84. The van der Waals surface area contributed by atoms with Gasteiger partial charge in [-0.3, -0.25) is 0 Å². The molecule has 0 aliphatic heterocycles. The molecule has 0 aliphatic rings. The maximum Gasteiger partial charge on any atom is -0.0171 e. The average molecular weight is 168 g/mol. The van der Waals surface area contributed by atoms with Crippen molar-refractivity contribution in [3.63, 3.8) is 0 Å². The van der Waals surface area contributed by atoms with Crippen LogP contribution in [0.4, 0.5) is 0 Å². The Morgan fingerprint density at radius 2 is 1.58 bits per heavy atom. The van der Waals surface area contributed by atoms with Gasteiger partial charge in [0.05, 0.1) is 0 Å². The topological polar surface area (TPSA) is 0 Å². The Balaban J connectivity index is 4.38. The third kappa shape index (κ3) is 3.94. The molecule has 0 aromatic carbocycles. The number of allylic oxidation sites excluding steroid dienone is 2. The summed E-state index contributed by atoms with van der Waals surface area (Å²) >= 11 is 0. The van der Waals surface area contributed by atoms with Crippen molar-refractivity contribution in [2.75, 3.05) is 0 Å². The second-order valence-corrected chi connectivity index (χ2v) is 4.83. The van der Waals surface area contributed by atoms with Crippen LogP contribution >= 0.6 is 0 Å². The van der Waals surface area contributed by atoms with E-state index in [1.165, 1.54) is 24.8 Å². The van der Waals surface area contributed by atoms with Gasteiger partial charge in [0, 0.05) is 0 Å². The molecule has 0 fully saturated rings. The lowest BCUT2D eigenvalue weighted by atomic mass is 9.81. The van der Waals surface area contributed by atoms with Gasteiger partial charge in [0.2, 0.25) is 0 Å². The first-order valence-corrected chi connectivity index (χ1v) is 5.06. The van der Waals surface area contributed by atoms with E-state index in [0.29, 0.717) is 5.41 Å². The highest BCUT2D eigenvalue weighted by Crippen LogP contribution is 2.31. The third-order valence-corrected chi connectivity index (χ3v) is 2.29. The molecule has 0 heteroatoms. The predicted octanol–water partition coefficient (Wildman–Crippen LogP) is 4.56. The van der Waals surface area contributed by atoms with Crippen molar-refractivity contribution in [2.45, 2.75) is 60.8 Å². The summed E-state index contributed by atoms with van der Waals surface area (Å²) < 4.78 is 0. The molecule has 0 unspecified atom stereocenters. The van der Waals surface area contributed by atoms with Gasteiger partial charge in [0.1, 0.15) is 0 Å². The Labute approximate surface area is 78.1 Å². The zero-order valence-corrected chi connectivity index (χ0v) is 9.62. The van der Waals surface area contributed by atoms with Crippen molar-refractivity contribution in [3.8, 4) is 0 Å². The second kappa shape index (κ2) is 4.69. The molecule has 0 aromatic heterocycles. The van der Waals surface area contributed by atoms with Gasteiger partial charge in [0.15, 0.2) is 0 Å². The first-order valence-electron chi connectivity index (χ1n) is 5.06. The van der Waals surface area contributed by atoms with Gasteiger partial charge in [-0.15, -0.1) is 0 Å². The molecular formula is C12H24. The first-order chi connectivity index (χ1) is 5.39. The molecule has 0 atom stereocenters. The highest BCUT2D eigenvalue weighted by Gasteiger charge is 2.16. The van der Waals surface area contributed by atoms with Gasteiger partial charge in [-0.25, -0.2) is 0 Å². The lowest BCUT2D eigenvalue weighted by Crippen LogP contribution is -2.10. The van der Waals surface area contributed by atoms with E-state index in [-0.39, 0.29) is 0 Å². The summed E-state index contributed by atoms with van der Waals surface area (Å²) in [6.45, 7) is 13.7. The minimum absolute atomic E-state index is 0.369. The van der Waals surface area contributed by atoms with Crippen molar-refractivity contribution in [1.29, 1.82) is 0 Å². The molecule has 0 N–H and O–H groups in total. The van der Waals surface area contributed by atoms with Crippen molar-refractivity contribution < 1.29 is 0 Å². The van der Waals surface area contributed by atoms with Gasteiger partial charge >= 0.3 is 0 Å². The zero-order chi connectivity index (χ0) is 9.78. The van der Waals surface area contributed by atoms with Gasteiger partial charge in [-0.05, 0) is 32.1 Å². The fourth-order valence-corrected chi connectivity index (χ4v) is 1.73. The highest BCUT2D eigenvalue weighted by atomic mass is 14.2. The molecule has 0 amide bonds. The van der Waals surface area contributed by atoms with E-state index in [9.17, 15) is 0 Å². The number of hydrogen-bond acceptors (Lipinski definition) is 0. The lowest BCUT2D eigenvalue weighted by Gasteiger charge is -2.25. The van der Waals surface area contributed by atoms with Crippen molar-refractivity contribution >= 4 is 0 Å². The largest absolute Gasteiger partial charge is 0.0767 e. The Morgan fingerprint density at radius 3 is 1.83 bits per heavy atom. The Bertz CT molecular complexity index is 151. The monoisotopic (exact) mass is 168 g/mol. The SMILES string of the molecule is CCCCC(=C(C)C)C(C)(C)C. The minimum atomic E-state index is 0.369. The molecule has 0 aliphatic carbocycles. The van der Waals surface area contributed by atoms with Crippen LogP contribution in [0.3, 0.4) is 0 Å². The summed E-state index contributed by atoms with van der Waals surface area (Å²) in [7, 11) is 0. The molecule has 0 saturated heterocycles. The Hall–Kier alpha value is -0.260. The van der Waals surface area contributed by atoms with Crippen LogP contribution in [-0.2, 0) is 0 Å². The summed E-state index contributed by atoms with van der Waals surface area (Å²) in [6.07, 6.45) is 3.91. The maximum atomic E-state index is 2.31. The fourth-order valence-electron chi connectivity index (χ4n) is 1.73. The van der Waals surface area contributed by atoms with Gasteiger partial charge in [-0.1, -0.05) is 45.3 Å². The van der Waals surface area contributed by atoms with E-state index in [0.717, 1.165) is 0 Å². The molecular weight excluding hydrogens is 144 g/mol. The van der Waals surface area contributed by atoms with Crippen LogP contribution in [0.2, 0.25) is 0 Å². The molecule has 0 spiro atoms. The standard InChI is InChI=1S/C12H24/c1-7-8-9-11(10(2)3)12(4,5)6/h7-9H2,1-6H3. The normalized spacial score (nSPS) is 11.5. The van der Waals surface area contributed by atoms with Crippen LogP contribution < -0.4 is 0 Å². The smallest absolute Gasteiger partial charge is 0.0171 e. The van der Waals surface area contributed by atoms with E-state index in [1.54, 1.807) is 5.57 Å². The summed E-state index contributed by atoms with van der Waals surface area (Å²) in [6, 6.07) is 0. The predicted molar refractivity (Wildman–Crippen MR) is 57.4 cm³/mol. The van der Waals surface area contributed by atoms with Crippen LogP contribution in [0, 0.1) is 5.41 Å². The number of hydrogen-bond donors (Lipinski definition) is 0. The number of rotatable bonds is 3. The van der Waals surface area contributed by atoms with E-state index >= 15 is 0 Å². The van der Waals surface area contributed by atoms with Gasteiger partial charge in [0.25, 0.3) is 0 Å². The number of unbranched alkanes of at least 4 members (excludes halogenated alkanes) is 1. The molecule has 0 saturated carbocycles. The molecule has 72 valence electrons. The second-order valence-electron chi connectivity index (χ2n) is 4.83. The Kier molecular flexibility index (Phi) is 4.59. The van der Waals surface area contributed by atoms with Crippen molar-refractivity contribution in [3.05, 3.63) is 11.1 Å². The van der Waals surface area contributed by atoms with Crippen molar-refractivity contribution in [1.82, 2.24) is 0 Å². The summed E-state index contributed by atoms with van der Waals surface area (Å²) in [5.74, 6) is 0. The molecule has 0 radical (unpaired) electrons. The lowest BCUT2D eigenvalue weighted by molar-refractivity contribution is 0.470. The zero-order valence-electron chi connectivity index (χ0n) is 9.62. The minimum Gasteiger partial charge on any atom is -0.0767 e. The molecule has 0 heterocycles. The van der Waals surface area contributed by atoms with Gasteiger partial charge in [-0.2, -0.15) is 0 Å². The summed E-state index contributed by atoms with van der Waals surface area (Å²) in [5, 5.41) is 0. The van der Waals surface area contributed by atoms with E-state index in [2.05, 4.69) is 41.5 Å². The summed E-state index contributed by atoms with van der Waals surface area (Å²) in [4.78, 5) is 0. The van der Waals surface area contributed by atoms with Crippen LogP contribution in [0.1, 0.15) is 60.8 Å². The molecule has 0 nitrogen and oxygen atoms in total. The Morgan fingerprint density at radius 1 is 1.08 bits per heavy atom. The molecule has 12 heavy (non-hydrogen) atoms. The quantitative estimate of drug-likeness (QED) is 0.542. The van der Waals surface area contributed by atoms with Crippen molar-refractivity contribution in [2.24, 2.45) is 5.41 Å². The molecule has 0 bridgehead atoms. The first kappa shape index (κ1) is 11.7. The van der Waals surface area contributed by atoms with E-state index < -0.39 is 0 Å². The van der Waals surface area contributed by atoms with Gasteiger partial charge < -0.3 is 0 Å². The third-order valence-electron chi connectivity index (χ3n) is 2.29. The van der Waals surface area contributed by atoms with Crippen LogP contribution in [0.15, 0.2) is 11.1 Å². The van der Waals surface area contributed by atoms with Crippen LogP contribution in [-0.4, -0.2) is 0 Å².